The number of aliphatic hydroxyl groups is 1. The normalized spacial score (nSPS) is 15.9. The Bertz CT molecular complexity index is 679. The van der Waals surface area contributed by atoms with E-state index in [0.717, 1.165) is 38.1 Å². The number of nitrogens with zero attached hydrogens (tertiary/aromatic N) is 4. The molecule has 3 rings (SSSR count). The highest BCUT2D eigenvalue weighted by molar-refractivity contribution is 7.11. The lowest BCUT2D eigenvalue weighted by molar-refractivity contribution is 0.515. The molecule has 0 radical (unpaired) electrons. The van der Waals surface area contributed by atoms with E-state index in [1.807, 2.05) is 16.0 Å². The van der Waals surface area contributed by atoms with Crippen LogP contribution in [-0.4, -0.2) is 19.9 Å². The second-order valence-electron chi connectivity index (χ2n) is 4.71. The third kappa shape index (κ3) is 2.21. The Morgan fingerprint density at radius 3 is 3.00 bits per heavy atom. The summed E-state index contributed by atoms with van der Waals surface area (Å²) < 4.78 is 1.97. The third-order valence-electron chi connectivity index (χ3n) is 3.44. The van der Waals surface area contributed by atoms with Crippen LogP contribution in [0, 0.1) is 11.3 Å². The van der Waals surface area contributed by atoms with Gasteiger partial charge in [-0.3, -0.25) is 0 Å². The van der Waals surface area contributed by atoms with E-state index >= 15 is 0 Å². The summed E-state index contributed by atoms with van der Waals surface area (Å²) in [6.07, 6.45) is 4.19. The van der Waals surface area contributed by atoms with Gasteiger partial charge in [0.2, 0.25) is 0 Å². The van der Waals surface area contributed by atoms with Crippen LogP contribution in [0.3, 0.4) is 0 Å². The molecule has 0 aromatic carbocycles. The van der Waals surface area contributed by atoms with Crippen LogP contribution >= 0.6 is 11.3 Å². The van der Waals surface area contributed by atoms with Gasteiger partial charge in [0, 0.05) is 13.0 Å². The molecule has 0 spiro atoms. The lowest BCUT2D eigenvalue weighted by Gasteiger charge is -2.07. The second-order valence-corrected chi connectivity index (χ2v) is 5.66. The molecule has 0 aliphatic carbocycles. The highest BCUT2D eigenvalue weighted by atomic mass is 32.1. The average molecular weight is 286 g/mol. The molecule has 0 atom stereocenters. The number of fused-ring (bicyclic) bond motifs is 1. The third-order valence-corrected chi connectivity index (χ3v) is 4.31. The molecule has 0 saturated carbocycles. The van der Waals surface area contributed by atoms with E-state index in [2.05, 4.69) is 16.3 Å². The van der Waals surface area contributed by atoms with Gasteiger partial charge in [-0.05, 0) is 24.3 Å². The maximum Gasteiger partial charge on any atom is 0.178 e. The van der Waals surface area contributed by atoms with Crippen molar-refractivity contribution in [3.63, 3.8) is 0 Å². The number of hydrogen-bond donors (Lipinski definition) is 1. The summed E-state index contributed by atoms with van der Waals surface area (Å²) in [5.74, 6) is 1.38. The van der Waals surface area contributed by atoms with Crippen LogP contribution in [-0.2, 0) is 13.0 Å². The van der Waals surface area contributed by atoms with E-state index in [4.69, 9.17) is 0 Å². The lowest BCUT2D eigenvalue weighted by Crippen LogP contribution is -2.06. The average Bonchev–Trinajstić information content (AvgIpc) is 3.06. The number of hydrogen-bond acceptors (Lipinski definition) is 5. The zero-order chi connectivity index (χ0) is 13.9. The molecule has 0 fully saturated rings. The largest absolute Gasteiger partial charge is 0.505 e. The van der Waals surface area contributed by atoms with Gasteiger partial charge in [0.25, 0.3) is 0 Å². The Labute approximate surface area is 120 Å². The van der Waals surface area contributed by atoms with Gasteiger partial charge < -0.3 is 9.67 Å². The molecular weight excluding hydrogens is 272 g/mol. The van der Waals surface area contributed by atoms with Crippen molar-refractivity contribution in [2.24, 2.45) is 0 Å². The minimum Gasteiger partial charge on any atom is -0.505 e. The zero-order valence-electron chi connectivity index (χ0n) is 10.9. The van der Waals surface area contributed by atoms with Crippen LogP contribution in [0.25, 0.3) is 11.3 Å². The molecule has 102 valence electrons. The van der Waals surface area contributed by atoms with E-state index in [1.165, 1.54) is 11.3 Å². The van der Waals surface area contributed by atoms with Crippen LogP contribution in [0.2, 0.25) is 0 Å². The smallest absolute Gasteiger partial charge is 0.178 e. The van der Waals surface area contributed by atoms with Crippen molar-refractivity contribution in [1.29, 1.82) is 5.26 Å². The summed E-state index contributed by atoms with van der Waals surface area (Å²) in [7, 11) is 0. The Morgan fingerprint density at radius 1 is 1.35 bits per heavy atom. The first-order valence-electron chi connectivity index (χ1n) is 6.61. The van der Waals surface area contributed by atoms with Gasteiger partial charge in [-0.15, -0.1) is 21.5 Å². The highest BCUT2D eigenvalue weighted by Crippen LogP contribution is 2.27. The molecule has 1 aliphatic heterocycles. The van der Waals surface area contributed by atoms with Crippen LogP contribution in [0.4, 0.5) is 0 Å². The number of thiophene rings is 1. The summed E-state index contributed by atoms with van der Waals surface area (Å²) >= 11 is 1.40. The van der Waals surface area contributed by atoms with Gasteiger partial charge >= 0.3 is 0 Å². The van der Waals surface area contributed by atoms with Gasteiger partial charge in [0.1, 0.15) is 17.5 Å². The van der Waals surface area contributed by atoms with Crippen molar-refractivity contribution in [3.8, 4) is 6.07 Å². The monoisotopic (exact) mass is 286 g/mol. The van der Waals surface area contributed by atoms with E-state index in [0.29, 0.717) is 10.7 Å². The zero-order valence-corrected chi connectivity index (χ0v) is 11.7. The summed E-state index contributed by atoms with van der Waals surface area (Å²) in [6, 6.07) is 5.71. The maximum atomic E-state index is 10.3. The fraction of sp³-hybridized carbons (Fsp3) is 0.357. The number of allylic oxidation sites excluding steroid dienone is 1. The fourth-order valence-corrected chi connectivity index (χ4v) is 3.09. The molecule has 0 saturated heterocycles. The summed E-state index contributed by atoms with van der Waals surface area (Å²) in [6.45, 7) is 0.806. The molecule has 20 heavy (non-hydrogen) atoms. The summed E-state index contributed by atoms with van der Waals surface area (Å²) in [5.41, 5.74) is 0.202. The van der Waals surface area contributed by atoms with Gasteiger partial charge in [-0.2, -0.15) is 5.26 Å². The van der Waals surface area contributed by atoms with E-state index in [-0.39, 0.29) is 11.3 Å². The van der Waals surface area contributed by atoms with Crippen LogP contribution < -0.4 is 0 Å². The van der Waals surface area contributed by atoms with Crippen molar-refractivity contribution in [2.45, 2.75) is 32.2 Å². The molecule has 5 nitrogen and oxygen atoms in total. The van der Waals surface area contributed by atoms with Crippen molar-refractivity contribution in [3.05, 3.63) is 34.0 Å². The van der Waals surface area contributed by atoms with Crippen molar-refractivity contribution in [1.82, 2.24) is 14.8 Å². The molecule has 0 amide bonds. The van der Waals surface area contributed by atoms with E-state index in [1.54, 1.807) is 6.07 Å². The van der Waals surface area contributed by atoms with Gasteiger partial charge in [0.05, 0.1) is 4.88 Å². The molecular formula is C14H14N4OS. The Morgan fingerprint density at radius 2 is 2.25 bits per heavy atom. The second kappa shape index (κ2) is 5.47. The number of aromatic nitrogens is 3. The molecule has 2 aromatic heterocycles. The molecule has 0 bridgehead atoms. The molecule has 1 N–H and O–H groups in total. The van der Waals surface area contributed by atoms with Gasteiger partial charge in [0.15, 0.2) is 11.6 Å². The topological polar surface area (TPSA) is 74.7 Å². The van der Waals surface area contributed by atoms with Crippen LogP contribution in [0.15, 0.2) is 17.5 Å². The number of rotatable bonds is 2. The maximum absolute atomic E-state index is 10.3. The van der Waals surface area contributed by atoms with Crippen LogP contribution in [0.5, 0.6) is 0 Å². The van der Waals surface area contributed by atoms with Crippen LogP contribution in [0.1, 0.15) is 35.8 Å². The quantitative estimate of drug-likeness (QED) is 0.680. The molecule has 6 heteroatoms. The van der Waals surface area contributed by atoms with Crippen molar-refractivity contribution >= 4 is 22.7 Å². The molecule has 1 aliphatic rings. The number of aliphatic hydroxyl groups excluding tert-OH is 1. The van der Waals surface area contributed by atoms with Gasteiger partial charge in [-0.25, -0.2) is 0 Å². The predicted molar refractivity (Wildman–Crippen MR) is 77.0 cm³/mol. The molecule has 3 heterocycles. The van der Waals surface area contributed by atoms with Gasteiger partial charge in [-0.1, -0.05) is 12.5 Å². The minimum absolute atomic E-state index is 0.0121. The summed E-state index contributed by atoms with van der Waals surface area (Å²) in [4.78, 5) is 0.674. The first-order chi connectivity index (χ1) is 9.81. The number of nitriles is 1. The molecule has 0 unspecified atom stereocenters. The van der Waals surface area contributed by atoms with E-state index in [9.17, 15) is 10.4 Å². The van der Waals surface area contributed by atoms with Crippen molar-refractivity contribution < 1.29 is 5.11 Å². The SMILES string of the molecule is N#C/C(=C(/O)c1cccs1)c1nnc2n1CCCCC2. The fourth-order valence-electron chi connectivity index (χ4n) is 2.42. The Balaban J connectivity index is 2.09. The summed E-state index contributed by atoms with van der Waals surface area (Å²) in [5, 5.41) is 29.8. The minimum atomic E-state index is -0.0121. The highest BCUT2D eigenvalue weighted by Gasteiger charge is 2.21. The van der Waals surface area contributed by atoms with Crippen molar-refractivity contribution in [2.75, 3.05) is 0 Å². The Kier molecular flexibility index (Phi) is 3.52. The number of aryl methyl sites for hydroxylation is 1. The molecule has 2 aromatic rings. The van der Waals surface area contributed by atoms with E-state index < -0.39 is 0 Å². The first-order valence-corrected chi connectivity index (χ1v) is 7.49. The first kappa shape index (κ1) is 12.9. The lowest BCUT2D eigenvalue weighted by atomic mass is 10.2. The predicted octanol–water partition coefficient (Wildman–Crippen LogP) is 3.02. The standard InChI is InChI=1S/C14H14N4OS/c15-9-10(13(19)11-5-4-8-20-11)14-17-16-12-6-2-1-3-7-18(12)14/h4-5,8,19H,1-3,6-7H2/b13-10-. The Hall–Kier alpha value is -2.13.